The summed E-state index contributed by atoms with van der Waals surface area (Å²) in [7, 11) is 1.52. The normalized spacial score (nSPS) is 12.0. The predicted octanol–water partition coefficient (Wildman–Crippen LogP) is 1.52. The highest BCUT2D eigenvalue weighted by Crippen LogP contribution is 2.27. The summed E-state index contributed by atoms with van der Waals surface area (Å²) in [5.74, 6) is -2.52. The minimum atomic E-state index is -3.05. The van der Waals surface area contributed by atoms with E-state index in [-0.39, 0.29) is 6.54 Å². The summed E-state index contributed by atoms with van der Waals surface area (Å²) in [6.07, 6.45) is 0. The lowest BCUT2D eigenvalue weighted by molar-refractivity contribution is -0.0105. The second kappa shape index (κ2) is 5.88. The molecular weight excluding hydrogens is 310 g/mol. The van der Waals surface area contributed by atoms with E-state index in [1.807, 2.05) is 0 Å². The van der Waals surface area contributed by atoms with E-state index in [0.717, 1.165) is 6.92 Å². The molecule has 3 aromatic rings. The van der Waals surface area contributed by atoms with E-state index in [9.17, 15) is 8.78 Å². The number of fused-ring (bicyclic) bond motifs is 1. The molecule has 3 aromatic heterocycles. The number of rotatable bonds is 6. The van der Waals surface area contributed by atoms with Gasteiger partial charge in [-0.15, -0.1) is 15.3 Å². The van der Waals surface area contributed by atoms with Crippen molar-refractivity contribution in [3.05, 3.63) is 35.5 Å². The molecule has 0 aliphatic rings. The maximum absolute atomic E-state index is 13.1. The molecule has 10 heteroatoms. The Morgan fingerprint density at radius 2 is 2.13 bits per heavy atom. The third kappa shape index (κ3) is 3.26. The fraction of sp³-hybridized carbons (Fsp3) is 0.385. The molecule has 0 amide bonds. The molecule has 0 saturated carbocycles. The zero-order chi connectivity index (χ0) is 16.4. The summed E-state index contributed by atoms with van der Waals surface area (Å²) in [5, 5.41) is 18.8. The van der Waals surface area contributed by atoms with E-state index in [0.29, 0.717) is 29.6 Å². The van der Waals surface area contributed by atoms with Crippen LogP contribution in [0.5, 0.6) is 5.88 Å². The Labute approximate surface area is 129 Å². The molecule has 3 rings (SSSR count). The number of hydrogen-bond acceptors (Lipinski definition) is 7. The van der Waals surface area contributed by atoms with Gasteiger partial charge in [0, 0.05) is 25.6 Å². The Bertz CT molecular complexity index is 810. The molecule has 8 nitrogen and oxygen atoms in total. The highest BCUT2D eigenvalue weighted by molar-refractivity contribution is 5.37. The lowest BCUT2D eigenvalue weighted by atomic mass is 10.2. The number of hydrogen-bond donors (Lipinski definition) is 1. The second-order valence-corrected chi connectivity index (χ2v) is 4.94. The Morgan fingerprint density at radius 3 is 2.83 bits per heavy atom. The molecule has 23 heavy (non-hydrogen) atoms. The minimum absolute atomic E-state index is 0.248. The quantitative estimate of drug-likeness (QED) is 0.735. The van der Waals surface area contributed by atoms with Gasteiger partial charge < -0.3 is 14.6 Å². The predicted molar refractivity (Wildman–Crippen MR) is 73.9 cm³/mol. The Morgan fingerprint density at radius 1 is 1.30 bits per heavy atom. The minimum Gasteiger partial charge on any atom is -0.480 e. The molecule has 0 bridgehead atoms. The lowest BCUT2D eigenvalue weighted by Crippen LogP contribution is -2.16. The topological polar surface area (TPSA) is 90.4 Å². The molecule has 0 aromatic carbocycles. The van der Waals surface area contributed by atoms with Gasteiger partial charge in [-0.05, 0) is 6.07 Å². The molecule has 0 saturated heterocycles. The van der Waals surface area contributed by atoms with Crippen molar-refractivity contribution in [2.75, 3.05) is 7.11 Å². The van der Waals surface area contributed by atoms with Gasteiger partial charge in [0.05, 0.1) is 19.3 Å². The first-order valence-corrected chi connectivity index (χ1v) is 6.77. The van der Waals surface area contributed by atoms with E-state index < -0.39 is 11.7 Å². The van der Waals surface area contributed by atoms with E-state index in [1.165, 1.54) is 13.2 Å². The van der Waals surface area contributed by atoms with Crippen molar-refractivity contribution >= 4 is 5.65 Å². The number of nitrogens with zero attached hydrogens (tertiary/aromatic N) is 5. The fourth-order valence-electron chi connectivity index (χ4n) is 1.94. The molecule has 0 radical (unpaired) electrons. The molecule has 0 atom stereocenters. The van der Waals surface area contributed by atoms with E-state index in [2.05, 4.69) is 30.3 Å². The van der Waals surface area contributed by atoms with Crippen LogP contribution in [-0.2, 0) is 19.0 Å². The van der Waals surface area contributed by atoms with Crippen molar-refractivity contribution in [1.29, 1.82) is 0 Å². The summed E-state index contributed by atoms with van der Waals surface area (Å²) in [6.45, 7) is 1.33. The molecule has 0 fully saturated rings. The van der Waals surface area contributed by atoms with Crippen molar-refractivity contribution in [2.45, 2.75) is 25.9 Å². The summed E-state index contributed by atoms with van der Waals surface area (Å²) < 4.78 is 37.3. The average molecular weight is 324 g/mol. The summed E-state index contributed by atoms with van der Waals surface area (Å²) in [5.41, 5.74) is 0.956. The third-order valence-corrected chi connectivity index (χ3v) is 3.09. The van der Waals surface area contributed by atoms with Crippen LogP contribution >= 0.6 is 0 Å². The van der Waals surface area contributed by atoms with E-state index >= 15 is 0 Å². The lowest BCUT2D eigenvalue weighted by Gasteiger charge is -2.03. The van der Waals surface area contributed by atoms with Crippen LogP contribution in [0.25, 0.3) is 5.65 Å². The number of nitrogens with one attached hydrogen (secondary N) is 1. The van der Waals surface area contributed by atoms with Crippen LogP contribution < -0.4 is 10.1 Å². The first-order valence-electron chi connectivity index (χ1n) is 6.77. The Kier molecular flexibility index (Phi) is 3.90. The Hall–Kier alpha value is -2.62. The van der Waals surface area contributed by atoms with Crippen LogP contribution in [0.15, 0.2) is 22.7 Å². The van der Waals surface area contributed by atoms with Crippen molar-refractivity contribution in [3.63, 3.8) is 0 Å². The van der Waals surface area contributed by atoms with Gasteiger partial charge >= 0.3 is 5.92 Å². The molecule has 122 valence electrons. The van der Waals surface area contributed by atoms with E-state index in [4.69, 9.17) is 4.74 Å². The zero-order valence-corrected chi connectivity index (χ0v) is 12.5. The van der Waals surface area contributed by atoms with Gasteiger partial charge in [0.2, 0.25) is 11.6 Å². The fourth-order valence-corrected chi connectivity index (χ4v) is 1.94. The SMILES string of the molecule is COc1ccc2nnc(CNCc3cc(C(C)(F)F)on3)n2n1. The van der Waals surface area contributed by atoms with Crippen LogP contribution in [0.3, 0.4) is 0 Å². The van der Waals surface area contributed by atoms with Crippen LogP contribution in [-0.4, -0.2) is 32.1 Å². The maximum Gasteiger partial charge on any atom is 0.304 e. The van der Waals surface area contributed by atoms with Crippen LogP contribution in [0.4, 0.5) is 8.78 Å². The van der Waals surface area contributed by atoms with Crippen molar-refractivity contribution < 1.29 is 18.0 Å². The third-order valence-electron chi connectivity index (χ3n) is 3.09. The average Bonchev–Trinajstić information content (AvgIpc) is 3.14. The maximum atomic E-state index is 13.1. The number of ether oxygens (including phenoxy) is 1. The number of alkyl halides is 2. The van der Waals surface area contributed by atoms with Crippen LogP contribution in [0.2, 0.25) is 0 Å². The largest absolute Gasteiger partial charge is 0.480 e. The standard InChI is InChI=1S/C13H14F2N6O2/c1-13(14,15)9-5-8(20-23-9)6-16-7-11-18-17-10-3-4-12(22-2)19-21(10)11/h3-5,16H,6-7H2,1-2H3. The van der Waals surface area contributed by atoms with Gasteiger partial charge in [-0.1, -0.05) is 5.16 Å². The van der Waals surface area contributed by atoms with Crippen molar-refractivity contribution in [3.8, 4) is 5.88 Å². The Balaban J connectivity index is 1.66. The summed E-state index contributed by atoms with van der Waals surface area (Å²) in [4.78, 5) is 0. The second-order valence-electron chi connectivity index (χ2n) is 4.94. The molecule has 0 spiro atoms. The van der Waals surface area contributed by atoms with Gasteiger partial charge in [-0.25, -0.2) is 0 Å². The first-order chi connectivity index (χ1) is 11.0. The van der Waals surface area contributed by atoms with Gasteiger partial charge in [-0.3, -0.25) is 0 Å². The summed E-state index contributed by atoms with van der Waals surface area (Å²) >= 11 is 0. The highest BCUT2D eigenvalue weighted by atomic mass is 19.3. The van der Waals surface area contributed by atoms with Crippen LogP contribution in [0, 0.1) is 0 Å². The van der Waals surface area contributed by atoms with Crippen LogP contribution in [0.1, 0.15) is 24.2 Å². The van der Waals surface area contributed by atoms with Gasteiger partial charge in [-0.2, -0.15) is 13.3 Å². The van der Waals surface area contributed by atoms with Crippen molar-refractivity contribution in [1.82, 2.24) is 30.3 Å². The molecule has 0 aliphatic heterocycles. The highest BCUT2D eigenvalue weighted by Gasteiger charge is 2.29. The van der Waals surface area contributed by atoms with E-state index in [1.54, 1.807) is 16.6 Å². The smallest absolute Gasteiger partial charge is 0.304 e. The molecule has 3 heterocycles. The molecule has 0 unspecified atom stereocenters. The van der Waals surface area contributed by atoms with Gasteiger partial charge in [0.25, 0.3) is 0 Å². The monoisotopic (exact) mass is 324 g/mol. The summed E-state index contributed by atoms with van der Waals surface area (Å²) in [6, 6.07) is 4.63. The van der Waals surface area contributed by atoms with Crippen molar-refractivity contribution in [2.24, 2.45) is 0 Å². The number of methoxy groups -OCH3 is 1. The number of aromatic nitrogens is 5. The van der Waals surface area contributed by atoms with Gasteiger partial charge in [0.1, 0.15) is 0 Å². The zero-order valence-electron chi connectivity index (χ0n) is 12.5. The molecule has 0 aliphatic carbocycles. The molecule has 1 N–H and O–H groups in total. The van der Waals surface area contributed by atoms with Gasteiger partial charge in [0.15, 0.2) is 11.5 Å². The first kappa shape index (κ1) is 15.3. The number of halogens is 2. The molecular formula is C13H14F2N6O2.